The Morgan fingerprint density at radius 1 is 1.25 bits per heavy atom. The molecule has 0 radical (unpaired) electrons. The number of hydrogen-bond donors (Lipinski definition) is 1. The summed E-state index contributed by atoms with van der Waals surface area (Å²) in [5.41, 5.74) is 2.14. The highest BCUT2D eigenvalue weighted by Gasteiger charge is 2.13. The first-order valence-corrected chi connectivity index (χ1v) is 7.41. The second kappa shape index (κ2) is 6.70. The molecule has 2 rings (SSSR count). The molecule has 0 aliphatic heterocycles. The van der Waals surface area contributed by atoms with E-state index in [9.17, 15) is 0 Å². The Kier molecular flexibility index (Phi) is 4.95. The van der Waals surface area contributed by atoms with Gasteiger partial charge in [0, 0.05) is 12.2 Å². The van der Waals surface area contributed by atoms with Crippen molar-refractivity contribution in [3.63, 3.8) is 0 Å². The molecular weight excluding hydrogens is 274 g/mol. The highest BCUT2D eigenvalue weighted by Crippen LogP contribution is 2.21. The molecule has 0 aliphatic carbocycles. The predicted molar refractivity (Wildman–Crippen MR) is 81.7 cm³/mol. The van der Waals surface area contributed by atoms with Crippen LogP contribution in [-0.2, 0) is 12.8 Å². The number of hydrogen-bond acceptors (Lipinski definition) is 4. The van der Waals surface area contributed by atoms with Gasteiger partial charge in [-0.3, -0.25) is 0 Å². The summed E-state index contributed by atoms with van der Waals surface area (Å²) in [5, 5.41) is 8.24. The van der Waals surface area contributed by atoms with Crippen molar-refractivity contribution in [3.05, 3.63) is 28.7 Å². The number of halogens is 1. The average Bonchev–Trinajstić information content (AvgIpc) is 2.89. The molecule has 0 bridgehead atoms. The number of rotatable bonds is 6. The molecule has 0 amide bonds. The normalized spacial score (nSPS) is 10.8. The Balaban J connectivity index is 2.42. The Morgan fingerprint density at radius 3 is 2.70 bits per heavy atom. The molecule has 108 valence electrons. The third kappa shape index (κ3) is 3.10. The third-order valence-electron chi connectivity index (χ3n) is 3.02. The number of aryl methyl sites for hydroxylation is 2. The molecular formula is C14H20ClN5. The van der Waals surface area contributed by atoms with E-state index in [1.807, 2.05) is 4.68 Å². The summed E-state index contributed by atoms with van der Waals surface area (Å²) >= 11 is 6.23. The van der Waals surface area contributed by atoms with E-state index in [0.29, 0.717) is 16.8 Å². The summed E-state index contributed by atoms with van der Waals surface area (Å²) in [7, 11) is 0. The zero-order chi connectivity index (χ0) is 14.5. The minimum absolute atomic E-state index is 0.507. The number of nitrogens with zero attached hydrogens (tertiary/aromatic N) is 4. The maximum atomic E-state index is 6.23. The van der Waals surface area contributed by atoms with E-state index in [-0.39, 0.29) is 0 Å². The molecule has 0 aliphatic rings. The zero-order valence-electron chi connectivity index (χ0n) is 12.1. The lowest BCUT2D eigenvalue weighted by Gasteiger charge is -2.09. The van der Waals surface area contributed by atoms with Gasteiger partial charge in [0.05, 0.1) is 11.9 Å². The van der Waals surface area contributed by atoms with Crippen LogP contribution in [0, 0.1) is 0 Å². The van der Waals surface area contributed by atoms with Gasteiger partial charge >= 0.3 is 0 Å². The van der Waals surface area contributed by atoms with Crippen LogP contribution in [0.5, 0.6) is 0 Å². The summed E-state index contributed by atoms with van der Waals surface area (Å²) in [5.74, 6) is 1.22. The van der Waals surface area contributed by atoms with Crippen molar-refractivity contribution >= 4 is 17.5 Å². The lowest BCUT2D eigenvalue weighted by Crippen LogP contribution is -2.10. The van der Waals surface area contributed by atoms with Crippen molar-refractivity contribution in [2.24, 2.45) is 0 Å². The maximum Gasteiger partial charge on any atom is 0.224 e. The summed E-state index contributed by atoms with van der Waals surface area (Å²) in [4.78, 5) is 8.67. The molecule has 2 aromatic heterocycles. The molecule has 5 nitrogen and oxygen atoms in total. The first kappa shape index (κ1) is 14.8. The zero-order valence-corrected chi connectivity index (χ0v) is 12.9. The fourth-order valence-electron chi connectivity index (χ4n) is 1.91. The Hall–Kier alpha value is -1.62. The topological polar surface area (TPSA) is 55.6 Å². The van der Waals surface area contributed by atoms with Gasteiger partial charge in [-0.1, -0.05) is 32.4 Å². The molecule has 0 spiro atoms. The summed E-state index contributed by atoms with van der Waals surface area (Å²) < 4.78 is 1.82. The van der Waals surface area contributed by atoms with Crippen molar-refractivity contribution in [1.29, 1.82) is 0 Å². The van der Waals surface area contributed by atoms with Crippen LogP contribution < -0.4 is 5.32 Å². The Bertz CT molecular complexity index is 579. The largest absolute Gasteiger partial charge is 0.354 e. The predicted octanol–water partition coefficient (Wildman–Crippen LogP) is 3.26. The molecule has 2 aromatic rings. The maximum absolute atomic E-state index is 6.23. The van der Waals surface area contributed by atoms with Crippen LogP contribution in [0.25, 0.3) is 5.82 Å². The minimum Gasteiger partial charge on any atom is -0.354 e. The summed E-state index contributed by atoms with van der Waals surface area (Å²) in [6.07, 6.45) is 4.41. The highest BCUT2D eigenvalue weighted by molar-refractivity contribution is 6.32. The van der Waals surface area contributed by atoms with Gasteiger partial charge in [-0.05, 0) is 25.3 Å². The van der Waals surface area contributed by atoms with E-state index >= 15 is 0 Å². The lowest BCUT2D eigenvalue weighted by atomic mass is 10.2. The number of anilines is 1. The van der Waals surface area contributed by atoms with Crippen LogP contribution in [0.3, 0.4) is 0 Å². The van der Waals surface area contributed by atoms with Crippen molar-refractivity contribution in [2.45, 2.75) is 40.0 Å². The van der Waals surface area contributed by atoms with Crippen LogP contribution in [0.4, 0.5) is 5.95 Å². The molecule has 1 N–H and O–H groups in total. The molecule has 0 saturated carbocycles. The molecule has 6 heteroatoms. The van der Waals surface area contributed by atoms with Gasteiger partial charge < -0.3 is 5.32 Å². The monoisotopic (exact) mass is 293 g/mol. The molecule has 0 unspecified atom stereocenters. The second-order valence-corrected chi connectivity index (χ2v) is 4.95. The van der Waals surface area contributed by atoms with Crippen LogP contribution in [0.1, 0.15) is 38.6 Å². The fourth-order valence-corrected chi connectivity index (χ4v) is 2.08. The first-order chi connectivity index (χ1) is 9.69. The second-order valence-electron chi connectivity index (χ2n) is 4.54. The van der Waals surface area contributed by atoms with Crippen molar-refractivity contribution in [2.75, 3.05) is 11.9 Å². The van der Waals surface area contributed by atoms with Gasteiger partial charge in [0.25, 0.3) is 0 Å². The van der Waals surface area contributed by atoms with Crippen LogP contribution in [0.15, 0.2) is 12.3 Å². The van der Waals surface area contributed by atoms with Gasteiger partial charge in [-0.2, -0.15) is 10.1 Å². The quantitative estimate of drug-likeness (QED) is 0.888. The van der Waals surface area contributed by atoms with Gasteiger partial charge in [0.2, 0.25) is 5.95 Å². The van der Waals surface area contributed by atoms with E-state index in [0.717, 1.165) is 37.2 Å². The summed E-state index contributed by atoms with van der Waals surface area (Å²) in [6, 6.07) is 2.09. The van der Waals surface area contributed by atoms with Gasteiger partial charge in [0.15, 0.2) is 5.82 Å². The molecule has 20 heavy (non-hydrogen) atoms. The molecule has 0 aromatic carbocycles. The molecule has 0 atom stereocenters. The summed E-state index contributed by atoms with van der Waals surface area (Å²) in [6.45, 7) is 7.11. The third-order valence-corrected chi connectivity index (χ3v) is 3.28. The van der Waals surface area contributed by atoms with E-state index in [4.69, 9.17) is 11.6 Å². The van der Waals surface area contributed by atoms with Crippen LogP contribution in [-0.4, -0.2) is 26.3 Å². The van der Waals surface area contributed by atoms with Crippen molar-refractivity contribution < 1.29 is 0 Å². The van der Waals surface area contributed by atoms with Crippen LogP contribution >= 0.6 is 11.6 Å². The molecule has 0 fully saturated rings. The van der Waals surface area contributed by atoms with E-state index in [2.05, 4.69) is 47.2 Å². The van der Waals surface area contributed by atoms with E-state index in [1.165, 1.54) is 0 Å². The molecule has 2 heterocycles. The van der Waals surface area contributed by atoms with Crippen LogP contribution in [0.2, 0.25) is 5.02 Å². The Labute approximate surface area is 124 Å². The van der Waals surface area contributed by atoms with Gasteiger partial charge in [-0.15, -0.1) is 0 Å². The Morgan fingerprint density at radius 2 is 2.05 bits per heavy atom. The number of nitrogens with one attached hydrogen (secondary N) is 1. The van der Waals surface area contributed by atoms with Crippen molar-refractivity contribution in [3.8, 4) is 5.82 Å². The smallest absolute Gasteiger partial charge is 0.224 e. The fraction of sp³-hybridized carbons (Fsp3) is 0.500. The van der Waals surface area contributed by atoms with E-state index in [1.54, 1.807) is 6.20 Å². The van der Waals surface area contributed by atoms with Gasteiger partial charge in [-0.25, -0.2) is 9.67 Å². The average molecular weight is 294 g/mol. The SMILES string of the molecule is CCCNc1ncc(Cl)c(-n2nc(CC)cc2CC)n1. The van der Waals surface area contributed by atoms with Gasteiger partial charge in [0.1, 0.15) is 5.02 Å². The lowest BCUT2D eigenvalue weighted by molar-refractivity contribution is 0.768. The van der Waals surface area contributed by atoms with Crippen molar-refractivity contribution in [1.82, 2.24) is 19.7 Å². The molecule has 0 saturated heterocycles. The number of aromatic nitrogens is 4. The standard InChI is InChI=1S/C14H20ClN5/c1-4-7-16-14-17-9-12(15)13(18-14)20-11(6-3)8-10(5-2)19-20/h8-9H,4-7H2,1-3H3,(H,16,17,18). The first-order valence-electron chi connectivity index (χ1n) is 7.04. The van der Waals surface area contributed by atoms with E-state index < -0.39 is 0 Å². The highest BCUT2D eigenvalue weighted by atomic mass is 35.5. The minimum atomic E-state index is 0.507.